The van der Waals surface area contributed by atoms with Crippen LogP contribution in [-0.4, -0.2) is 29.9 Å². The summed E-state index contributed by atoms with van der Waals surface area (Å²) in [4.78, 5) is 19.9. The van der Waals surface area contributed by atoms with E-state index in [1.165, 1.54) is 14.0 Å². The van der Waals surface area contributed by atoms with Crippen LogP contribution >= 0.6 is 0 Å². The number of hydrogen-bond acceptors (Lipinski definition) is 6. The number of nitrogens with zero attached hydrogens (tertiary/aromatic N) is 1. The molecule has 0 aromatic heterocycles. The van der Waals surface area contributed by atoms with Gasteiger partial charge in [-0.05, 0) is 11.8 Å². The standard InChI is InChI=1S/C7H11N3O4/c1-5(7(11)14-2)9-4-3-6(8)10(12)13/h3-5,8-9H,1-2H3/b4-3-,8-6?/t5-/m0/s1. The van der Waals surface area contributed by atoms with Gasteiger partial charge in [0.2, 0.25) is 0 Å². The molecule has 0 unspecified atom stereocenters. The molecule has 0 aliphatic heterocycles. The van der Waals surface area contributed by atoms with Crippen LogP contribution in [0.1, 0.15) is 6.92 Å². The lowest BCUT2D eigenvalue weighted by Gasteiger charge is -2.07. The van der Waals surface area contributed by atoms with E-state index >= 15 is 0 Å². The Bertz CT molecular complexity index is 274. The van der Waals surface area contributed by atoms with E-state index in [0.717, 1.165) is 12.3 Å². The zero-order valence-electron chi connectivity index (χ0n) is 7.81. The molecule has 0 aromatic carbocycles. The number of carbonyl (C=O) groups is 1. The molecule has 0 fully saturated rings. The first-order valence-electron chi connectivity index (χ1n) is 3.72. The van der Waals surface area contributed by atoms with Crippen LogP contribution in [0.15, 0.2) is 12.3 Å². The van der Waals surface area contributed by atoms with Crippen LogP contribution in [0.25, 0.3) is 0 Å². The molecule has 1 atom stereocenters. The molecule has 0 aliphatic rings. The molecule has 7 nitrogen and oxygen atoms in total. The molecule has 78 valence electrons. The van der Waals surface area contributed by atoms with Crippen LogP contribution in [-0.2, 0) is 9.53 Å². The van der Waals surface area contributed by atoms with Crippen LogP contribution in [0.3, 0.4) is 0 Å². The number of nitro groups is 1. The molecule has 0 amide bonds. The van der Waals surface area contributed by atoms with Crippen molar-refractivity contribution in [2.24, 2.45) is 0 Å². The fraction of sp³-hybridized carbons (Fsp3) is 0.429. The third-order valence-corrected chi connectivity index (χ3v) is 1.34. The summed E-state index contributed by atoms with van der Waals surface area (Å²) in [5, 5.41) is 19.3. The van der Waals surface area contributed by atoms with Crippen LogP contribution in [0.5, 0.6) is 0 Å². The Morgan fingerprint density at radius 3 is 2.71 bits per heavy atom. The van der Waals surface area contributed by atoms with Crippen molar-refractivity contribution in [3.8, 4) is 0 Å². The normalized spacial score (nSPS) is 12.1. The Labute approximate surface area is 80.4 Å². The van der Waals surface area contributed by atoms with Crippen LogP contribution < -0.4 is 5.32 Å². The highest BCUT2D eigenvalue weighted by molar-refractivity contribution is 5.82. The summed E-state index contributed by atoms with van der Waals surface area (Å²) in [6.45, 7) is 1.53. The second kappa shape index (κ2) is 5.68. The van der Waals surface area contributed by atoms with E-state index in [2.05, 4.69) is 10.1 Å². The molecular weight excluding hydrogens is 190 g/mol. The van der Waals surface area contributed by atoms with Gasteiger partial charge in [-0.1, -0.05) is 5.41 Å². The summed E-state index contributed by atoms with van der Waals surface area (Å²) in [6, 6.07) is -0.601. The lowest BCUT2D eigenvalue weighted by atomic mass is 10.3. The van der Waals surface area contributed by atoms with Crippen molar-refractivity contribution in [2.75, 3.05) is 7.11 Å². The lowest BCUT2D eigenvalue weighted by molar-refractivity contribution is -0.349. The van der Waals surface area contributed by atoms with E-state index in [4.69, 9.17) is 5.41 Å². The minimum absolute atomic E-state index is 0.484. The van der Waals surface area contributed by atoms with Gasteiger partial charge in [-0.3, -0.25) is 0 Å². The molecule has 0 bridgehead atoms. The summed E-state index contributed by atoms with van der Waals surface area (Å²) in [6.07, 6.45) is 2.10. The van der Waals surface area contributed by atoms with E-state index in [1.807, 2.05) is 0 Å². The molecule has 0 saturated carbocycles. The van der Waals surface area contributed by atoms with E-state index in [0.29, 0.717) is 0 Å². The number of methoxy groups -OCH3 is 1. The van der Waals surface area contributed by atoms with Gasteiger partial charge in [0.25, 0.3) is 0 Å². The first-order chi connectivity index (χ1) is 6.49. The van der Waals surface area contributed by atoms with Crippen LogP contribution in [0, 0.1) is 15.5 Å². The van der Waals surface area contributed by atoms with E-state index < -0.39 is 22.8 Å². The fourth-order valence-electron chi connectivity index (χ4n) is 0.577. The molecular formula is C7H11N3O4. The average molecular weight is 201 g/mol. The SMILES string of the molecule is COC(=O)[C@H](C)N/C=C\C(=N)[N+](=O)[O-]. The topological polar surface area (TPSA) is 105 Å². The van der Waals surface area contributed by atoms with Crippen molar-refractivity contribution in [3.05, 3.63) is 22.4 Å². The fourth-order valence-corrected chi connectivity index (χ4v) is 0.577. The Balaban J connectivity index is 3.99. The highest BCUT2D eigenvalue weighted by Gasteiger charge is 2.10. The predicted octanol–water partition coefficient (Wildman–Crippen LogP) is -0.0948. The van der Waals surface area contributed by atoms with Crippen molar-refractivity contribution in [1.82, 2.24) is 5.32 Å². The number of amidine groups is 1. The quantitative estimate of drug-likeness (QED) is 0.217. The number of hydrogen-bond donors (Lipinski definition) is 2. The molecule has 7 heteroatoms. The van der Waals surface area contributed by atoms with Gasteiger partial charge in [0.05, 0.1) is 13.2 Å². The van der Waals surface area contributed by atoms with E-state index in [-0.39, 0.29) is 0 Å². The molecule has 0 spiro atoms. The molecule has 0 aliphatic carbocycles. The minimum Gasteiger partial charge on any atom is -0.467 e. The predicted molar refractivity (Wildman–Crippen MR) is 48.5 cm³/mol. The summed E-state index contributed by atoms with van der Waals surface area (Å²) in [5.74, 6) is -1.24. The highest BCUT2D eigenvalue weighted by atomic mass is 16.6. The Morgan fingerprint density at radius 2 is 2.29 bits per heavy atom. The van der Waals surface area contributed by atoms with Crippen molar-refractivity contribution in [1.29, 1.82) is 5.41 Å². The monoisotopic (exact) mass is 201 g/mol. The Kier molecular flexibility index (Phi) is 4.90. The minimum atomic E-state index is -0.846. The molecule has 2 N–H and O–H groups in total. The zero-order valence-corrected chi connectivity index (χ0v) is 7.81. The van der Waals surface area contributed by atoms with E-state index in [9.17, 15) is 14.9 Å². The second-order valence-corrected chi connectivity index (χ2v) is 2.39. The molecule has 14 heavy (non-hydrogen) atoms. The maximum Gasteiger partial charge on any atom is 0.357 e. The second-order valence-electron chi connectivity index (χ2n) is 2.39. The van der Waals surface area contributed by atoms with Crippen LogP contribution in [0.4, 0.5) is 0 Å². The summed E-state index contributed by atoms with van der Waals surface area (Å²) < 4.78 is 4.39. The molecule has 0 heterocycles. The van der Waals surface area contributed by atoms with Gasteiger partial charge in [-0.15, -0.1) is 0 Å². The van der Waals surface area contributed by atoms with Gasteiger partial charge < -0.3 is 20.2 Å². The number of carbonyl (C=O) groups excluding carboxylic acids is 1. The molecule has 0 aromatic rings. The van der Waals surface area contributed by atoms with Crippen molar-refractivity contribution in [3.63, 3.8) is 0 Å². The van der Waals surface area contributed by atoms with Crippen molar-refractivity contribution < 1.29 is 14.5 Å². The Hall–Kier alpha value is -1.92. The molecule has 0 radical (unpaired) electrons. The Morgan fingerprint density at radius 1 is 1.71 bits per heavy atom. The number of esters is 1. The highest BCUT2D eigenvalue weighted by Crippen LogP contribution is 1.86. The lowest BCUT2D eigenvalue weighted by Crippen LogP contribution is -2.31. The molecule has 0 rings (SSSR count). The van der Waals surface area contributed by atoms with Gasteiger partial charge in [-0.25, -0.2) is 4.79 Å². The van der Waals surface area contributed by atoms with Gasteiger partial charge in [-0.2, -0.15) is 0 Å². The third kappa shape index (κ3) is 4.19. The van der Waals surface area contributed by atoms with Gasteiger partial charge in [0.1, 0.15) is 6.04 Å². The first-order valence-corrected chi connectivity index (χ1v) is 3.72. The van der Waals surface area contributed by atoms with Gasteiger partial charge >= 0.3 is 11.8 Å². The molecule has 0 saturated heterocycles. The summed E-state index contributed by atoms with van der Waals surface area (Å²) in [7, 11) is 1.24. The summed E-state index contributed by atoms with van der Waals surface area (Å²) >= 11 is 0. The zero-order chi connectivity index (χ0) is 11.1. The van der Waals surface area contributed by atoms with E-state index in [1.54, 1.807) is 0 Å². The maximum absolute atomic E-state index is 10.8. The summed E-state index contributed by atoms with van der Waals surface area (Å²) in [5.41, 5.74) is 0. The van der Waals surface area contributed by atoms with Crippen LogP contribution in [0.2, 0.25) is 0 Å². The third-order valence-electron chi connectivity index (χ3n) is 1.34. The van der Waals surface area contributed by atoms with Crippen molar-refractivity contribution >= 4 is 11.8 Å². The average Bonchev–Trinajstić information content (AvgIpc) is 2.15. The largest absolute Gasteiger partial charge is 0.467 e. The van der Waals surface area contributed by atoms with Gasteiger partial charge in [0.15, 0.2) is 0 Å². The number of nitrogens with one attached hydrogen (secondary N) is 2. The number of ether oxygens (including phenoxy) is 1. The maximum atomic E-state index is 10.8. The smallest absolute Gasteiger partial charge is 0.357 e. The first kappa shape index (κ1) is 12.1. The van der Waals surface area contributed by atoms with Gasteiger partial charge in [0, 0.05) is 6.20 Å². The van der Waals surface area contributed by atoms with Crippen molar-refractivity contribution in [2.45, 2.75) is 13.0 Å². The number of rotatable bonds is 4.